The van der Waals surface area contributed by atoms with Crippen LogP contribution in [0.15, 0.2) is 22.1 Å². The van der Waals surface area contributed by atoms with Gasteiger partial charge in [0.2, 0.25) is 0 Å². The van der Waals surface area contributed by atoms with E-state index >= 15 is 0 Å². The molecule has 2 rings (SSSR count). The number of halogens is 1. The van der Waals surface area contributed by atoms with Gasteiger partial charge < -0.3 is 5.32 Å². The Hall–Kier alpha value is -0.650. The highest BCUT2D eigenvalue weighted by atomic mass is 79.9. The first-order chi connectivity index (χ1) is 7.20. The zero-order valence-corrected chi connectivity index (χ0v) is 11.0. The molecule has 15 heavy (non-hydrogen) atoms. The number of nitrogens with one attached hydrogen (secondary N) is 1. The number of aryl methyl sites for hydroxylation is 1. The van der Waals surface area contributed by atoms with E-state index < -0.39 is 0 Å². The second-order valence-electron chi connectivity index (χ2n) is 3.34. The van der Waals surface area contributed by atoms with Crippen LogP contribution in [0.1, 0.15) is 5.56 Å². The number of rotatable bonds is 3. The number of nitrogens with zero attached hydrogens (tertiary/aromatic N) is 2. The van der Waals surface area contributed by atoms with Gasteiger partial charge in [-0.25, -0.2) is 0 Å². The Bertz CT molecular complexity index is 461. The molecule has 0 spiro atoms. The summed E-state index contributed by atoms with van der Waals surface area (Å²) in [5.41, 5.74) is 2.30. The average Bonchev–Trinajstić information content (AvgIpc) is 2.73. The highest BCUT2D eigenvalue weighted by molar-refractivity contribution is 9.10. The summed E-state index contributed by atoms with van der Waals surface area (Å²) in [5.74, 6) is 0. The van der Waals surface area contributed by atoms with E-state index in [4.69, 9.17) is 0 Å². The van der Waals surface area contributed by atoms with Crippen LogP contribution < -0.4 is 5.32 Å². The molecule has 0 atom stereocenters. The lowest BCUT2D eigenvalue weighted by molar-refractivity contribution is 0.766. The minimum absolute atomic E-state index is 0.846. The summed E-state index contributed by atoms with van der Waals surface area (Å²) in [6.45, 7) is 0.846. The minimum Gasteiger partial charge on any atom is -0.316 e. The molecule has 2 aromatic heterocycles. The molecule has 0 saturated heterocycles. The first-order valence-electron chi connectivity index (χ1n) is 4.62. The van der Waals surface area contributed by atoms with Crippen molar-refractivity contribution >= 4 is 27.3 Å². The van der Waals surface area contributed by atoms with Crippen molar-refractivity contribution in [3.63, 3.8) is 0 Å². The van der Waals surface area contributed by atoms with Gasteiger partial charge in [0.25, 0.3) is 0 Å². The molecule has 2 heterocycles. The van der Waals surface area contributed by atoms with Gasteiger partial charge in [0.1, 0.15) is 5.69 Å². The van der Waals surface area contributed by atoms with Crippen molar-refractivity contribution in [2.75, 3.05) is 7.05 Å². The number of hydrogen-bond acceptors (Lipinski definition) is 3. The van der Waals surface area contributed by atoms with Crippen LogP contribution in [0.2, 0.25) is 0 Å². The van der Waals surface area contributed by atoms with E-state index in [2.05, 4.69) is 44.0 Å². The SMILES string of the molecule is CNCc1cn(C)nc1-c1cc(Br)cs1. The Balaban J connectivity index is 2.42. The molecule has 0 saturated carbocycles. The lowest BCUT2D eigenvalue weighted by atomic mass is 10.2. The Labute approximate surface area is 101 Å². The Kier molecular flexibility index (Phi) is 3.23. The van der Waals surface area contributed by atoms with Crippen molar-refractivity contribution in [1.82, 2.24) is 15.1 Å². The standard InChI is InChI=1S/C10H12BrN3S/c1-12-4-7-5-14(2)13-10(7)9-3-8(11)6-15-9/h3,5-6,12H,4H2,1-2H3. The number of hydrogen-bond donors (Lipinski definition) is 1. The van der Waals surface area contributed by atoms with Gasteiger partial charge in [0, 0.05) is 35.2 Å². The first-order valence-corrected chi connectivity index (χ1v) is 6.29. The van der Waals surface area contributed by atoms with Crippen molar-refractivity contribution in [3.8, 4) is 10.6 Å². The molecular formula is C10H12BrN3S. The van der Waals surface area contributed by atoms with Gasteiger partial charge in [0.15, 0.2) is 0 Å². The number of aromatic nitrogens is 2. The predicted octanol–water partition coefficient (Wildman–Crippen LogP) is 2.63. The summed E-state index contributed by atoms with van der Waals surface area (Å²) in [4.78, 5) is 1.20. The summed E-state index contributed by atoms with van der Waals surface area (Å²) in [6.07, 6.45) is 2.06. The van der Waals surface area contributed by atoms with Gasteiger partial charge in [-0.05, 0) is 29.0 Å². The van der Waals surface area contributed by atoms with Crippen LogP contribution in [0.25, 0.3) is 10.6 Å². The average molecular weight is 286 g/mol. The second-order valence-corrected chi connectivity index (χ2v) is 5.16. The molecule has 1 N–H and O–H groups in total. The molecule has 2 aromatic rings. The monoisotopic (exact) mass is 285 g/mol. The van der Waals surface area contributed by atoms with Crippen molar-refractivity contribution in [2.24, 2.45) is 7.05 Å². The van der Waals surface area contributed by atoms with Crippen LogP contribution in [0.4, 0.5) is 0 Å². The highest BCUT2D eigenvalue weighted by Gasteiger charge is 2.11. The molecule has 0 bridgehead atoms. The summed E-state index contributed by atoms with van der Waals surface area (Å²) in [6, 6.07) is 2.10. The topological polar surface area (TPSA) is 29.9 Å². The smallest absolute Gasteiger partial charge is 0.107 e. The fraction of sp³-hybridized carbons (Fsp3) is 0.300. The summed E-state index contributed by atoms with van der Waals surface area (Å²) in [5, 5.41) is 9.71. The lowest BCUT2D eigenvalue weighted by Gasteiger charge is -1.97. The van der Waals surface area contributed by atoms with Crippen molar-refractivity contribution in [1.29, 1.82) is 0 Å². The van der Waals surface area contributed by atoms with E-state index in [0.29, 0.717) is 0 Å². The van der Waals surface area contributed by atoms with Gasteiger partial charge in [-0.2, -0.15) is 5.10 Å². The Morgan fingerprint density at radius 1 is 1.60 bits per heavy atom. The van der Waals surface area contributed by atoms with Crippen LogP contribution in [-0.4, -0.2) is 16.8 Å². The fourth-order valence-corrected chi connectivity index (χ4v) is 2.95. The van der Waals surface area contributed by atoms with Gasteiger partial charge in [-0.1, -0.05) is 0 Å². The van der Waals surface area contributed by atoms with Crippen molar-refractivity contribution in [2.45, 2.75) is 6.54 Å². The largest absolute Gasteiger partial charge is 0.316 e. The predicted molar refractivity (Wildman–Crippen MR) is 67.0 cm³/mol. The third kappa shape index (κ3) is 2.30. The van der Waals surface area contributed by atoms with Gasteiger partial charge >= 0.3 is 0 Å². The molecule has 0 amide bonds. The molecule has 0 aromatic carbocycles. The summed E-state index contributed by atoms with van der Waals surface area (Å²) >= 11 is 5.17. The van der Waals surface area contributed by atoms with E-state index in [9.17, 15) is 0 Å². The van der Waals surface area contributed by atoms with Crippen molar-refractivity contribution < 1.29 is 0 Å². The second kappa shape index (κ2) is 4.47. The van der Waals surface area contributed by atoms with E-state index in [-0.39, 0.29) is 0 Å². The molecule has 80 valence electrons. The fourth-order valence-electron chi connectivity index (χ4n) is 1.50. The van der Waals surface area contributed by atoms with Gasteiger partial charge in [-0.15, -0.1) is 11.3 Å². The van der Waals surface area contributed by atoms with Gasteiger partial charge in [-0.3, -0.25) is 4.68 Å². The molecule has 3 nitrogen and oxygen atoms in total. The minimum atomic E-state index is 0.846. The Morgan fingerprint density at radius 2 is 2.40 bits per heavy atom. The van der Waals surface area contributed by atoms with Crippen LogP contribution in [0.3, 0.4) is 0 Å². The maximum absolute atomic E-state index is 4.48. The van der Waals surface area contributed by atoms with Crippen LogP contribution in [0.5, 0.6) is 0 Å². The zero-order valence-electron chi connectivity index (χ0n) is 8.62. The van der Waals surface area contributed by atoms with Crippen LogP contribution in [-0.2, 0) is 13.6 Å². The van der Waals surface area contributed by atoms with Crippen molar-refractivity contribution in [3.05, 3.63) is 27.7 Å². The quantitative estimate of drug-likeness (QED) is 0.940. The van der Waals surface area contributed by atoms with E-state index in [1.165, 1.54) is 10.4 Å². The Morgan fingerprint density at radius 3 is 3.00 bits per heavy atom. The molecule has 0 radical (unpaired) electrons. The third-order valence-electron chi connectivity index (χ3n) is 2.07. The number of thiophene rings is 1. The first kappa shape index (κ1) is 10.9. The lowest BCUT2D eigenvalue weighted by Crippen LogP contribution is -2.04. The van der Waals surface area contributed by atoms with E-state index in [1.807, 2.05) is 18.8 Å². The van der Waals surface area contributed by atoms with Crippen LogP contribution in [0, 0.1) is 0 Å². The summed E-state index contributed by atoms with van der Waals surface area (Å²) < 4.78 is 2.97. The van der Waals surface area contributed by atoms with E-state index in [0.717, 1.165) is 16.7 Å². The maximum atomic E-state index is 4.48. The molecule has 5 heteroatoms. The third-order valence-corrected chi connectivity index (χ3v) is 3.77. The van der Waals surface area contributed by atoms with E-state index in [1.54, 1.807) is 11.3 Å². The summed E-state index contributed by atoms with van der Waals surface area (Å²) in [7, 11) is 3.90. The van der Waals surface area contributed by atoms with Gasteiger partial charge in [0.05, 0.1) is 4.88 Å². The van der Waals surface area contributed by atoms with Crippen LogP contribution >= 0.6 is 27.3 Å². The molecule has 0 aliphatic heterocycles. The molecule has 0 unspecified atom stereocenters. The highest BCUT2D eigenvalue weighted by Crippen LogP contribution is 2.30. The zero-order chi connectivity index (χ0) is 10.8. The molecule has 0 fully saturated rings. The maximum Gasteiger partial charge on any atom is 0.107 e. The molecular weight excluding hydrogens is 274 g/mol. The molecule has 0 aliphatic rings. The normalized spacial score (nSPS) is 10.9. The molecule has 0 aliphatic carbocycles.